The number of likely N-dealkylation sites (tertiary alicyclic amines) is 1. The zero-order valence-corrected chi connectivity index (χ0v) is 21.1. The van der Waals surface area contributed by atoms with Gasteiger partial charge in [-0.25, -0.2) is 0 Å². The number of aryl methyl sites for hydroxylation is 1. The van der Waals surface area contributed by atoms with Crippen molar-refractivity contribution in [3.8, 4) is 17.2 Å². The fourth-order valence-corrected chi connectivity index (χ4v) is 4.63. The molecule has 0 bridgehead atoms. The summed E-state index contributed by atoms with van der Waals surface area (Å²) < 4.78 is 16.0. The van der Waals surface area contributed by atoms with Crippen molar-refractivity contribution in [2.24, 2.45) is 0 Å². The summed E-state index contributed by atoms with van der Waals surface area (Å²) >= 11 is 6.32. The molecule has 1 unspecified atom stereocenters. The van der Waals surface area contributed by atoms with Crippen molar-refractivity contribution < 1.29 is 28.9 Å². The zero-order valence-electron chi connectivity index (χ0n) is 20.4. The van der Waals surface area contributed by atoms with Crippen molar-refractivity contribution in [3.05, 3.63) is 93.5 Å². The number of halogens is 1. The molecule has 0 aliphatic carbocycles. The molecule has 0 spiro atoms. The number of methoxy groups -OCH3 is 3. The lowest BCUT2D eigenvalue weighted by Gasteiger charge is -2.26. The quantitative estimate of drug-likeness (QED) is 0.265. The Kier molecular flexibility index (Phi) is 7.22. The minimum atomic E-state index is -0.832. The SMILES string of the molecule is COc1cccc(CN2C(=O)C(=O)/C(=C(/O)c3cc(Cl)c(OC)cc3OC)C2c2cccc(C)c2)c1. The largest absolute Gasteiger partial charge is 0.507 e. The van der Waals surface area contributed by atoms with Crippen LogP contribution in [0.5, 0.6) is 17.2 Å². The van der Waals surface area contributed by atoms with Crippen LogP contribution in [-0.2, 0) is 16.1 Å². The maximum absolute atomic E-state index is 13.4. The van der Waals surface area contributed by atoms with E-state index >= 15 is 0 Å². The summed E-state index contributed by atoms with van der Waals surface area (Å²) in [4.78, 5) is 28.2. The highest BCUT2D eigenvalue weighted by Gasteiger charge is 2.46. The number of ketones is 1. The van der Waals surface area contributed by atoms with Gasteiger partial charge < -0.3 is 24.2 Å². The molecule has 3 aromatic rings. The summed E-state index contributed by atoms with van der Waals surface area (Å²) in [7, 11) is 4.45. The molecular weight excluding hydrogens is 482 g/mol. The molecule has 1 saturated heterocycles. The van der Waals surface area contributed by atoms with Gasteiger partial charge in [0, 0.05) is 12.6 Å². The Balaban J connectivity index is 1.91. The number of hydrogen-bond acceptors (Lipinski definition) is 6. The van der Waals surface area contributed by atoms with E-state index in [-0.39, 0.29) is 34.2 Å². The number of carbonyl (C=O) groups excluding carboxylic acids is 2. The van der Waals surface area contributed by atoms with Gasteiger partial charge in [0.2, 0.25) is 0 Å². The molecule has 0 aromatic heterocycles. The van der Waals surface area contributed by atoms with Crippen molar-refractivity contribution in [3.63, 3.8) is 0 Å². The van der Waals surface area contributed by atoms with Crippen LogP contribution in [0.1, 0.15) is 28.3 Å². The summed E-state index contributed by atoms with van der Waals surface area (Å²) in [5.41, 5.74) is 2.55. The van der Waals surface area contributed by atoms with E-state index in [0.29, 0.717) is 17.1 Å². The molecule has 1 aliphatic heterocycles. The summed E-state index contributed by atoms with van der Waals surface area (Å²) in [6.07, 6.45) is 0. The van der Waals surface area contributed by atoms with Gasteiger partial charge in [-0.3, -0.25) is 9.59 Å². The van der Waals surface area contributed by atoms with Gasteiger partial charge in [-0.05, 0) is 36.2 Å². The van der Waals surface area contributed by atoms with Gasteiger partial charge in [0.25, 0.3) is 11.7 Å². The monoisotopic (exact) mass is 507 g/mol. The predicted octanol–water partition coefficient (Wildman–Crippen LogP) is 5.30. The van der Waals surface area contributed by atoms with Gasteiger partial charge in [0.1, 0.15) is 23.0 Å². The van der Waals surface area contributed by atoms with Gasteiger partial charge in [0.15, 0.2) is 0 Å². The van der Waals surface area contributed by atoms with E-state index in [4.69, 9.17) is 25.8 Å². The third kappa shape index (κ3) is 4.62. The Morgan fingerprint density at radius 3 is 2.33 bits per heavy atom. The van der Waals surface area contributed by atoms with Crippen LogP contribution < -0.4 is 14.2 Å². The molecule has 0 saturated carbocycles. The van der Waals surface area contributed by atoms with Crippen LogP contribution in [0.3, 0.4) is 0 Å². The molecule has 1 amide bonds. The average Bonchev–Trinajstić information content (AvgIpc) is 3.13. The molecule has 36 heavy (non-hydrogen) atoms. The molecule has 8 heteroatoms. The van der Waals surface area contributed by atoms with Crippen LogP contribution in [-0.4, -0.2) is 43.0 Å². The fourth-order valence-electron chi connectivity index (χ4n) is 4.39. The third-order valence-electron chi connectivity index (χ3n) is 6.11. The Bertz CT molecular complexity index is 1370. The van der Waals surface area contributed by atoms with Crippen LogP contribution in [0.2, 0.25) is 5.02 Å². The first-order chi connectivity index (χ1) is 17.3. The van der Waals surface area contributed by atoms with Crippen molar-refractivity contribution in [1.82, 2.24) is 4.90 Å². The number of carbonyl (C=O) groups is 2. The molecule has 1 aliphatic rings. The number of benzene rings is 3. The fraction of sp³-hybridized carbons (Fsp3) is 0.214. The van der Waals surface area contributed by atoms with E-state index in [1.54, 1.807) is 19.2 Å². The molecule has 186 valence electrons. The lowest BCUT2D eigenvalue weighted by molar-refractivity contribution is -0.140. The molecule has 1 heterocycles. The summed E-state index contributed by atoms with van der Waals surface area (Å²) in [6.45, 7) is 2.06. The van der Waals surface area contributed by atoms with Crippen LogP contribution in [0.15, 0.2) is 66.2 Å². The van der Waals surface area contributed by atoms with Gasteiger partial charge >= 0.3 is 0 Å². The first kappa shape index (κ1) is 25.1. The smallest absolute Gasteiger partial charge is 0.295 e. The second-order valence-corrected chi connectivity index (χ2v) is 8.79. The second kappa shape index (κ2) is 10.3. The van der Waals surface area contributed by atoms with Gasteiger partial charge in [-0.2, -0.15) is 0 Å². The summed E-state index contributed by atoms with van der Waals surface area (Å²) in [5.74, 6) is -0.668. The molecular formula is C28H26ClNO6. The summed E-state index contributed by atoms with van der Waals surface area (Å²) in [5, 5.41) is 11.7. The molecule has 1 fully saturated rings. The lowest BCUT2D eigenvalue weighted by Crippen LogP contribution is -2.29. The van der Waals surface area contributed by atoms with E-state index in [0.717, 1.165) is 11.1 Å². The third-order valence-corrected chi connectivity index (χ3v) is 6.41. The number of amides is 1. The van der Waals surface area contributed by atoms with Crippen molar-refractivity contribution >= 4 is 29.1 Å². The Morgan fingerprint density at radius 2 is 1.67 bits per heavy atom. The van der Waals surface area contributed by atoms with Gasteiger partial charge in [-0.1, -0.05) is 53.6 Å². The van der Waals surface area contributed by atoms with Crippen molar-refractivity contribution in [2.75, 3.05) is 21.3 Å². The second-order valence-electron chi connectivity index (χ2n) is 8.38. The number of aliphatic hydroxyl groups excluding tert-OH is 1. The van der Waals surface area contributed by atoms with E-state index in [9.17, 15) is 14.7 Å². The maximum atomic E-state index is 13.4. The Morgan fingerprint density at radius 1 is 0.944 bits per heavy atom. The van der Waals surface area contributed by atoms with Crippen LogP contribution in [0, 0.1) is 6.92 Å². The molecule has 4 rings (SSSR count). The van der Waals surface area contributed by atoms with Crippen LogP contribution in [0.25, 0.3) is 5.76 Å². The van der Waals surface area contributed by atoms with E-state index < -0.39 is 17.7 Å². The van der Waals surface area contributed by atoms with Crippen LogP contribution in [0.4, 0.5) is 0 Å². The minimum Gasteiger partial charge on any atom is -0.507 e. The van der Waals surface area contributed by atoms with Crippen molar-refractivity contribution in [1.29, 1.82) is 0 Å². The normalized spacial score (nSPS) is 16.8. The lowest BCUT2D eigenvalue weighted by atomic mass is 9.94. The van der Waals surface area contributed by atoms with E-state index in [1.165, 1.54) is 31.3 Å². The van der Waals surface area contributed by atoms with Gasteiger partial charge in [-0.15, -0.1) is 0 Å². The highest BCUT2D eigenvalue weighted by Crippen LogP contribution is 2.43. The molecule has 0 radical (unpaired) electrons. The minimum absolute atomic E-state index is 0.0481. The van der Waals surface area contributed by atoms with Gasteiger partial charge in [0.05, 0.1) is 43.5 Å². The van der Waals surface area contributed by atoms with E-state index in [2.05, 4.69) is 0 Å². The Labute approximate surface area is 214 Å². The number of Topliss-reactive ketones (excluding diaryl/α,β-unsaturated/α-hetero) is 1. The van der Waals surface area contributed by atoms with Crippen LogP contribution >= 0.6 is 11.6 Å². The summed E-state index contributed by atoms with van der Waals surface area (Å²) in [6, 6.07) is 16.9. The predicted molar refractivity (Wildman–Crippen MR) is 137 cm³/mol. The molecule has 1 N–H and O–H groups in total. The molecule has 1 atom stereocenters. The average molecular weight is 508 g/mol. The maximum Gasteiger partial charge on any atom is 0.295 e. The number of hydrogen-bond donors (Lipinski definition) is 1. The van der Waals surface area contributed by atoms with E-state index in [1.807, 2.05) is 43.3 Å². The number of nitrogens with zero attached hydrogens (tertiary/aromatic N) is 1. The Hall–Kier alpha value is -3.97. The first-order valence-electron chi connectivity index (χ1n) is 11.2. The number of rotatable bonds is 7. The zero-order chi connectivity index (χ0) is 26.0. The first-order valence-corrected chi connectivity index (χ1v) is 11.6. The number of aliphatic hydroxyl groups is 1. The topological polar surface area (TPSA) is 85.3 Å². The number of ether oxygens (including phenoxy) is 3. The van der Waals surface area contributed by atoms with Crippen molar-refractivity contribution in [2.45, 2.75) is 19.5 Å². The molecule has 7 nitrogen and oxygen atoms in total. The highest BCUT2D eigenvalue weighted by atomic mass is 35.5. The standard InChI is InChI=1S/C28H26ClNO6/c1-16-7-5-9-18(11-16)25-24(26(31)20-13-21(29)23(36-4)14-22(20)35-3)27(32)28(33)30(25)15-17-8-6-10-19(12-17)34-2/h5-14,25,31H,15H2,1-4H3/b26-24+. The highest BCUT2D eigenvalue weighted by molar-refractivity contribution is 6.46. The molecule has 3 aromatic carbocycles.